The Morgan fingerprint density at radius 1 is 1.27 bits per heavy atom. The molecule has 4 saturated carbocycles. The smallest absolute Gasteiger partial charge is 0.312 e. The average Bonchev–Trinajstić information content (AvgIpc) is 2.53. The van der Waals surface area contributed by atoms with Crippen molar-refractivity contribution in [3.63, 3.8) is 0 Å². The Bertz CT molecular complexity index is 748. The number of halogens is 1. The van der Waals surface area contributed by atoms with Crippen LogP contribution in [0.5, 0.6) is 0 Å². The molecular formula is C20H24BrNO4. The third-order valence-corrected chi connectivity index (χ3v) is 6.85. The molecule has 0 aromatic heterocycles. The normalized spacial score (nSPS) is 34.6. The average molecular weight is 422 g/mol. The number of carbonyl (C=O) groups is 2. The number of hydrogen-bond acceptors (Lipinski definition) is 4. The van der Waals surface area contributed by atoms with E-state index in [1.807, 2.05) is 25.1 Å². The summed E-state index contributed by atoms with van der Waals surface area (Å²) in [6.45, 7) is 1.67. The summed E-state index contributed by atoms with van der Waals surface area (Å²) in [6.07, 6.45) is 4.78. The van der Waals surface area contributed by atoms with E-state index in [-0.39, 0.29) is 18.5 Å². The van der Waals surface area contributed by atoms with Crippen LogP contribution in [0.2, 0.25) is 0 Å². The van der Waals surface area contributed by atoms with Gasteiger partial charge in [0.1, 0.15) is 0 Å². The minimum absolute atomic E-state index is 0.297. The number of nitrogens with one attached hydrogen (secondary N) is 1. The van der Waals surface area contributed by atoms with Crippen molar-refractivity contribution in [2.24, 2.45) is 17.3 Å². The van der Waals surface area contributed by atoms with Gasteiger partial charge >= 0.3 is 5.97 Å². The first-order valence-corrected chi connectivity index (χ1v) is 10.0. The number of benzene rings is 1. The van der Waals surface area contributed by atoms with Gasteiger partial charge in [-0.25, -0.2) is 0 Å². The number of hydrogen-bond donors (Lipinski definition) is 2. The van der Waals surface area contributed by atoms with Crippen molar-refractivity contribution < 1.29 is 19.4 Å². The number of aryl methyl sites for hydroxylation is 1. The second kappa shape index (κ2) is 6.34. The molecule has 26 heavy (non-hydrogen) atoms. The summed E-state index contributed by atoms with van der Waals surface area (Å²) < 4.78 is 6.18. The Balaban J connectivity index is 1.37. The molecule has 4 atom stereocenters. The van der Waals surface area contributed by atoms with Crippen LogP contribution in [0.1, 0.15) is 44.1 Å². The molecule has 2 unspecified atom stereocenters. The molecule has 4 bridgehead atoms. The molecule has 4 fully saturated rings. The van der Waals surface area contributed by atoms with Crippen LogP contribution in [0.25, 0.3) is 0 Å². The first kappa shape index (κ1) is 18.0. The number of anilines is 1. The summed E-state index contributed by atoms with van der Waals surface area (Å²) in [7, 11) is 0. The van der Waals surface area contributed by atoms with Crippen molar-refractivity contribution in [3.8, 4) is 0 Å². The Kier molecular flexibility index (Phi) is 4.39. The molecule has 5 nitrogen and oxygen atoms in total. The van der Waals surface area contributed by atoms with E-state index < -0.39 is 11.0 Å². The Morgan fingerprint density at radius 3 is 2.58 bits per heavy atom. The summed E-state index contributed by atoms with van der Waals surface area (Å²) >= 11 is 3.42. The summed E-state index contributed by atoms with van der Waals surface area (Å²) in [4.78, 5) is 25.0. The topological polar surface area (TPSA) is 75.6 Å². The highest BCUT2D eigenvalue weighted by Gasteiger charge is 2.60. The number of amides is 1. The molecule has 0 radical (unpaired) electrons. The van der Waals surface area contributed by atoms with E-state index in [0.717, 1.165) is 42.1 Å². The molecule has 1 aromatic carbocycles. The van der Waals surface area contributed by atoms with E-state index in [1.54, 1.807) is 0 Å². The summed E-state index contributed by atoms with van der Waals surface area (Å²) in [6, 6.07) is 5.63. The van der Waals surface area contributed by atoms with Gasteiger partial charge < -0.3 is 15.2 Å². The molecule has 4 aliphatic carbocycles. The number of esters is 1. The van der Waals surface area contributed by atoms with Gasteiger partial charge in [-0.15, -0.1) is 0 Å². The number of aliphatic hydroxyl groups is 1. The minimum atomic E-state index is -0.710. The second-order valence-electron chi connectivity index (χ2n) is 8.57. The van der Waals surface area contributed by atoms with Gasteiger partial charge in [0.15, 0.2) is 6.61 Å². The molecule has 0 heterocycles. The molecular weight excluding hydrogens is 398 g/mol. The van der Waals surface area contributed by atoms with Gasteiger partial charge in [0, 0.05) is 4.47 Å². The highest BCUT2D eigenvalue weighted by atomic mass is 79.9. The van der Waals surface area contributed by atoms with E-state index in [2.05, 4.69) is 21.2 Å². The maximum absolute atomic E-state index is 12.8. The first-order chi connectivity index (χ1) is 12.3. The molecule has 6 heteroatoms. The molecule has 0 aliphatic heterocycles. The van der Waals surface area contributed by atoms with Gasteiger partial charge in [0.05, 0.1) is 16.7 Å². The summed E-state index contributed by atoms with van der Waals surface area (Å²) in [5.41, 5.74) is 0.434. The molecule has 1 amide bonds. The van der Waals surface area contributed by atoms with Crippen LogP contribution < -0.4 is 5.32 Å². The zero-order valence-corrected chi connectivity index (χ0v) is 16.5. The maximum atomic E-state index is 12.8. The van der Waals surface area contributed by atoms with Crippen molar-refractivity contribution in [3.05, 3.63) is 28.2 Å². The highest BCUT2D eigenvalue weighted by Crippen LogP contribution is 2.61. The van der Waals surface area contributed by atoms with Crippen LogP contribution in [0.15, 0.2) is 22.7 Å². The predicted octanol–water partition coefficient (Wildman–Crippen LogP) is 3.57. The summed E-state index contributed by atoms with van der Waals surface area (Å²) in [5.74, 6) is 0.145. The van der Waals surface area contributed by atoms with Gasteiger partial charge in [-0.05, 0) is 90.9 Å². The van der Waals surface area contributed by atoms with Crippen LogP contribution in [0.4, 0.5) is 5.69 Å². The molecule has 4 aliphatic rings. The molecule has 0 saturated heterocycles. The van der Waals surface area contributed by atoms with Gasteiger partial charge in [-0.3, -0.25) is 9.59 Å². The van der Waals surface area contributed by atoms with Crippen LogP contribution in [0, 0.1) is 24.2 Å². The maximum Gasteiger partial charge on any atom is 0.312 e. The lowest BCUT2D eigenvalue weighted by Gasteiger charge is -2.58. The monoisotopic (exact) mass is 421 g/mol. The summed E-state index contributed by atoms with van der Waals surface area (Å²) in [5, 5.41) is 13.5. The first-order valence-electron chi connectivity index (χ1n) is 9.23. The second-order valence-corrected chi connectivity index (χ2v) is 9.43. The number of rotatable bonds is 4. The van der Waals surface area contributed by atoms with E-state index in [4.69, 9.17) is 4.74 Å². The zero-order valence-electron chi connectivity index (χ0n) is 14.9. The van der Waals surface area contributed by atoms with Crippen molar-refractivity contribution in [2.45, 2.75) is 51.0 Å². The fourth-order valence-corrected chi connectivity index (χ4v) is 6.24. The zero-order chi connectivity index (χ0) is 18.5. The standard InChI is InChI=1S/C20H24BrNO4/c1-12-2-3-16(15(21)4-12)22-17(23)10-26-18(24)19-6-13-5-14(7-19)9-20(25,8-13)11-19/h2-4,13-14,25H,5-11H2,1H3,(H,22,23)/t13-,14+,19?,20?. The predicted molar refractivity (Wildman–Crippen MR) is 101 cm³/mol. The molecule has 2 N–H and O–H groups in total. The van der Waals surface area contributed by atoms with Gasteiger partial charge in [-0.2, -0.15) is 0 Å². The largest absolute Gasteiger partial charge is 0.455 e. The third kappa shape index (κ3) is 3.29. The van der Waals surface area contributed by atoms with Crippen molar-refractivity contribution in [1.82, 2.24) is 0 Å². The fraction of sp³-hybridized carbons (Fsp3) is 0.600. The van der Waals surface area contributed by atoms with Crippen LogP contribution in [-0.2, 0) is 14.3 Å². The Hall–Kier alpha value is -1.40. The molecule has 140 valence electrons. The number of ether oxygens (including phenoxy) is 1. The van der Waals surface area contributed by atoms with Crippen LogP contribution in [-0.4, -0.2) is 29.2 Å². The van der Waals surface area contributed by atoms with E-state index >= 15 is 0 Å². The van der Waals surface area contributed by atoms with Gasteiger partial charge in [0.2, 0.25) is 0 Å². The quantitative estimate of drug-likeness (QED) is 0.728. The Morgan fingerprint density at radius 2 is 1.96 bits per heavy atom. The van der Waals surface area contributed by atoms with Gasteiger partial charge in [-0.1, -0.05) is 6.07 Å². The lowest BCUT2D eigenvalue weighted by Crippen LogP contribution is -2.58. The minimum Gasteiger partial charge on any atom is -0.455 e. The lowest BCUT2D eigenvalue weighted by atomic mass is 9.48. The highest BCUT2D eigenvalue weighted by molar-refractivity contribution is 9.10. The Labute approximate surface area is 161 Å². The molecule has 0 spiro atoms. The SMILES string of the molecule is Cc1ccc(NC(=O)COC(=O)C23C[C@@H]4C[C@@H](CC(O)(C4)C2)C3)c(Br)c1. The lowest BCUT2D eigenvalue weighted by molar-refractivity contribution is -0.196. The van der Waals surface area contributed by atoms with Crippen LogP contribution in [0.3, 0.4) is 0 Å². The molecule has 1 aromatic rings. The third-order valence-electron chi connectivity index (χ3n) is 6.20. The van der Waals surface area contributed by atoms with E-state index in [1.165, 1.54) is 0 Å². The van der Waals surface area contributed by atoms with Gasteiger partial charge in [0.25, 0.3) is 5.91 Å². The van der Waals surface area contributed by atoms with Crippen molar-refractivity contribution in [1.29, 1.82) is 0 Å². The van der Waals surface area contributed by atoms with Crippen LogP contribution >= 0.6 is 15.9 Å². The van der Waals surface area contributed by atoms with Crippen molar-refractivity contribution in [2.75, 3.05) is 11.9 Å². The fourth-order valence-electron chi connectivity index (χ4n) is 5.64. The van der Waals surface area contributed by atoms with Crippen molar-refractivity contribution >= 4 is 33.5 Å². The molecule has 5 rings (SSSR count). The van der Waals surface area contributed by atoms with E-state index in [0.29, 0.717) is 23.9 Å². The van der Waals surface area contributed by atoms with E-state index in [9.17, 15) is 14.7 Å². The number of carbonyl (C=O) groups excluding carboxylic acids is 2.